The van der Waals surface area contributed by atoms with Crippen molar-refractivity contribution in [1.82, 2.24) is 15.0 Å². The van der Waals surface area contributed by atoms with E-state index in [9.17, 15) is 4.79 Å². The number of hydrogen-bond acceptors (Lipinski definition) is 4. The van der Waals surface area contributed by atoms with Crippen LogP contribution in [0.1, 0.15) is 45.2 Å². The van der Waals surface area contributed by atoms with E-state index in [2.05, 4.69) is 24.2 Å². The van der Waals surface area contributed by atoms with Gasteiger partial charge in [-0.05, 0) is 12.3 Å². The third-order valence-corrected chi connectivity index (χ3v) is 3.32. The second kappa shape index (κ2) is 7.89. The van der Waals surface area contributed by atoms with E-state index < -0.39 is 12.0 Å². The van der Waals surface area contributed by atoms with Crippen molar-refractivity contribution < 1.29 is 9.90 Å². The molecule has 2 atom stereocenters. The molecule has 0 saturated heterocycles. The SMILES string of the molecule is CCCCC(CC)Cn1cc(CC(N)C(=O)O)nn1. The van der Waals surface area contributed by atoms with E-state index in [0.717, 1.165) is 13.0 Å². The molecular weight excluding hydrogens is 244 g/mol. The van der Waals surface area contributed by atoms with Gasteiger partial charge in [0.05, 0.1) is 5.69 Å². The Morgan fingerprint density at radius 3 is 2.84 bits per heavy atom. The average Bonchev–Trinajstić information content (AvgIpc) is 2.81. The van der Waals surface area contributed by atoms with Crippen molar-refractivity contribution in [3.05, 3.63) is 11.9 Å². The number of hydrogen-bond donors (Lipinski definition) is 2. The Morgan fingerprint density at radius 1 is 1.53 bits per heavy atom. The molecule has 1 aromatic rings. The summed E-state index contributed by atoms with van der Waals surface area (Å²) in [5, 5.41) is 16.8. The highest BCUT2D eigenvalue weighted by molar-refractivity contribution is 5.73. The molecular formula is C13H24N4O2. The van der Waals surface area contributed by atoms with Gasteiger partial charge >= 0.3 is 5.97 Å². The number of nitrogens with two attached hydrogens (primary N) is 1. The smallest absolute Gasteiger partial charge is 0.320 e. The molecule has 6 nitrogen and oxygen atoms in total. The summed E-state index contributed by atoms with van der Waals surface area (Å²) in [6, 6.07) is -0.910. The van der Waals surface area contributed by atoms with E-state index in [-0.39, 0.29) is 6.42 Å². The third kappa shape index (κ3) is 5.38. The van der Waals surface area contributed by atoms with Crippen molar-refractivity contribution in [2.24, 2.45) is 11.7 Å². The van der Waals surface area contributed by atoms with Crippen molar-refractivity contribution in [2.75, 3.05) is 0 Å². The molecule has 0 aliphatic heterocycles. The Balaban J connectivity index is 2.51. The van der Waals surface area contributed by atoms with Gasteiger partial charge in [-0.1, -0.05) is 38.3 Å². The first-order valence-electron chi connectivity index (χ1n) is 6.94. The van der Waals surface area contributed by atoms with Crippen LogP contribution in [0.2, 0.25) is 0 Å². The Kier molecular flexibility index (Phi) is 6.49. The summed E-state index contributed by atoms with van der Waals surface area (Å²) in [6.07, 6.45) is 6.76. The van der Waals surface area contributed by atoms with E-state index in [4.69, 9.17) is 10.8 Å². The Labute approximate surface area is 114 Å². The molecule has 0 radical (unpaired) electrons. The van der Waals surface area contributed by atoms with Crippen LogP contribution in [0.25, 0.3) is 0 Å². The first-order valence-corrected chi connectivity index (χ1v) is 6.94. The quantitative estimate of drug-likeness (QED) is 0.707. The van der Waals surface area contributed by atoms with Crippen LogP contribution in [0, 0.1) is 5.92 Å². The summed E-state index contributed by atoms with van der Waals surface area (Å²) >= 11 is 0. The monoisotopic (exact) mass is 268 g/mol. The third-order valence-electron chi connectivity index (χ3n) is 3.32. The second-order valence-electron chi connectivity index (χ2n) is 5.00. The largest absolute Gasteiger partial charge is 0.480 e. The molecule has 0 aliphatic carbocycles. The molecule has 0 aromatic carbocycles. The van der Waals surface area contributed by atoms with Crippen LogP contribution in [0.4, 0.5) is 0 Å². The van der Waals surface area contributed by atoms with Gasteiger partial charge in [-0.25, -0.2) is 0 Å². The Morgan fingerprint density at radius 2 is 2.26 bits per heavy atom. The highest BCUT2D eigenvalue weighted by Gasteiger charge is 2.15. The van der Waals surface area contributed by atoms with E-state index in [0.29, 0.717) is 11.6 Å². The summed E-state index contributed by atoms with van der Waals surface area (Å²) in [6.45, 7) is 5.21. The van der Waals surface area contributed by atoms with Crippen LogP contribution in [0.3, 0.4) is 0 Å². The van der Waals surface area contributed by atoms with Crippen molar-refractivity contribution in [3.63, 3.8) is 0 Å². The molecule has 2 unspecified atom stereocenters. The number of aromatic nitrogens is 3. The van der Waals surface area contributed by atoms with Gasteiger partial charge in [0.2, 0.25) is 0 Å². The Hall–Kier alpha value is -1.43. The van der Waals surface area contributed by atoms with Gasteiger partial charge in [0.1, 0.15) is 6.04 Å². The first kappa shape index (κ1) is 15.6. The van der Waals surface area contributed by atoms with Crippen LogP contribution < -0.4 is 5.73 Å². The fraction of sp³-hybridized carbons (Fsp3) is 0.769. The average molecular weight is 268 g/mol. The highest BCUT2D eigenvalue weighted by Crippen LogP contribution is 2.14. The van der Waals surface area contributed by atoms with Crippen molar-refractivity contribution in [2.45, 2.75) is 58.5 Å². The van der Waals surface area contributed by atoms with Crippen molar-refractivity contribution >= 4 is 5.97 Å². The first-order chi connectivity index (χ1) is 9.06. The molecule has 0 amide bonds. The maximum atomic E-state index is 10.7. The highest BCUT2D eigenvalue weighted by atomic mass is 16.4. The fourth-order valence-corrected chi connectivity index (χ4v) is 2.02. The molecule has 1 rings (SSSR count). The lowest BCUT2D eigenvalue weighted by molar-refractivity contribution is -0.138. The molecule has 0 saturated carbocycles. The van der Waals surface area contributed by atoms with E-state index in [1.165, 1.54) is 19.3 Å². The lowest BCUT2D eigenvalue weighted by Crippen LogP contribution is -2.32. The minimum Gasteiger partial charge on any atom is -0.480 e. The zero-order valence-electron chi connectivity index (χ0n) is 11.7. The number of carbonyl (C=O) groups is 1. The molecule has 0 bridgehead atoms. The molecule has 0 spiro atoms. The standard InChI is InChI=1S/C13H24N4O2/c1-3-5-6-10(4-2)8-17-9-11(15-16-17)7-12(14)13(18)19/h9-10,12H,3-8,14H2,1-2H3,(H,18,19). The van der Waals surface area contributed by atoms with Gasteiger partial charge < -0.3 is 10.8 Å². The van der Waals surface area contributed by atoms with Crippen molar-refractivity contribution in [3.8, 4) is 0 Å². The van der Waals surface area contributed by atoms with E-state index in [1.807, 2.05) is 0 Å². The minimum absolute atomic E-state index is 0.223. The zero-order valence-corrected chi connectivity index (χ0v) is 11.7. The Bertz CT molecular complexity index is 392. The molecule has 6 heteroatoms. The van der Waals surface area contributed by atoms with Crippen LogP contribution in [-0.4, -0.2) is 32.1 Å². The summed E-state index contributed by atoms with van der Waals surface area (Å²) in [4.78, 5) is 10.7. The molecule has 0 fully saturated rings. The van der Waals surface area contributed by atoms with E-state index in [1.54, 1.807) is 10.9 Å². The van der Waals surface area contributed by atoms with Gasteiger partial charge in [-0.2, -0.15) is 0 Å². The summed E-state index contributed by atoms with van der Waals surface area (Å²) in [5.41, 5.74) is 6.11. The topological polar surface area (TPSA) is 94.0 Å². The van der Waals surface area contributed by atoms with Gasteiger partial charge in [0.15, 0.2) is 0 Å². The fourth-order valence-electron chi connectivity index (χ4n) is 2.02. The minimum atomic E-state index is -1.01. The van der Waals surface area contributed by atoms with Crippen molar-refractivity contribution in [1.29, 1.82) is 0 Å². The normalized spacial score (nSPS) is 14.3. The second-order valence-corrected chi connectivity index (χ2v) is 5.00. The van der Waals surface area contributed by atoms with Crippen LogP contribution in [0.5, 0.6) is 0 Å². The summed E-state index contributed by atoms with van der Waals surface area (Å²) in [5.74, 6) is -0.411. The lowest BCUT2D eigenvalue weighted by Gasteiger charge is -2.13. The molecule has 1 aromatic heterocycles. The van der Waals surface area contributed by atoms with Crippen LogP contribution in [-0.2, 0) is 17.8 Å². The molecule has 19 heavy (non-hydrogen) atoms. The van der Waals surface area contributed by atoms with Gasteiger partial charge in [0, 0.05) is 19.2 Å². The lowest BCUT2D eigenvalue weighted by atomic mass is 9.99. The predicted molar refractivity (Wildman–Crippen MR) is 72.6 cm³/mol. The van der Waals surface area contributed by atoms with E-state index >= 15 is 0 Å². The van der Waals surface area contributed by atoms with Gasteiger partial charge in [-0.3, -0.25) is 9.48 Å². The number of carboxylic acid groups (broad SMARTS) is 1. The van der Waals surface area contributed by atoms with Gasteiger partial charge in [0.25, 0.3) is 0 Å². The number of nitrogens with zero attached hydrogens (tertiary/aromatic N) is 3. The number of carboxylic acids is 1. The van der Waals surface area contributed by atoms with Crippen LogP contribution >= 0.6 is 0 Å². The molecule has 1 heterocycles. The number of rotatable bonds is 9. The molecule has 108 valence electrons. The maximum Gasteiger partial charge on any atom is 0.320 e. The maximum absolute atomic E-state index is 10.7. The summed E-state index contributed by atoms with van der Waals surface area (Å²) < 4.78 is 1.80. The van der Waals surface area contributed by atoms with Gasteiger partial charge in [-0.15, -0.1) is 5.10 Å². The molecule has 0 aliphatic rings. The predicted octanol–water partition coefficient (Wildman–Crippen LogP) is 1.45. The van der Waals surface area contributed by atoms with Crippen LogP contribution in [0.15, 0.2) is 6.20 Å². The molecule has 3 N–H and O–H groups in total. The number of aliphatic carboxylic acids is 1. The number of unbranched alkanes of at least 4 members (excludes halogenated alkanes) is 1. The zero-order chi connectivity index (χ0) is 14.3. The summed E-state index contributed by atoms with van der Waals surface area (Å²) in [7, 11) is 0.